The van der Waals surface area contributed by atoms with E-state index in [0.29, 0.717) is 0 Å². The fourth-order valence-corrected chi connectivity index (χ4v) is 2.22. The van der Waals surface area contributed by atoms with E-state index in [4.69, 9.17) is 9.47 Å². The predicted octanol–water partition coefficient (Wildman–Crippen LogP) is 5.04. The summed E-state index contributed by atoms with van der Waals surface area (Å²) in [5, 5.41) is 0. The van der Waals surface area contributed by atoms with Gasteiger partial charge in [0.2, 0.25) is 5.82 Å². The van der Waals surface area contributed by atoms with Gasteiger partial charge in [-0.2, -0.15) is 4.39 Å². The van der Waals surface area contributed by atoms with Gasteiger partial charge in [0, 0.05) is 16.7 Å². The van der Waals surface area contributed by atoms with E-state index in [1.165, 1.54) is 26.8 Å². The summed E-state index contributed by atoms with van der Waals surface area (Å²) in [6.07, 6.45) is 0. The van der Waals surface area contributed by atoms with E-state index in [1.807, 2.05) is 0 Å². The zero-order valence-electron chi connectivity index (χ0n) is 15.5. The first-order chi connectivity index (χ1) is 13.0. The fraction of sp³-hybridized carbons (Fsp3) is 0.143. The second kappa shape index (κ2) is 8.12. The maximum atomic E-state index is 14.5. The highest BCUT2D eigenvalue weighted by Gasteiger charge is 2.21. The summed E-state index contributed by atoms with van der Waals surface area (Å²) in [7, 11) is 0. The lowest BCUT2D eigenvalue weighted by Gasteiger charge is -2.13. The van der Waals surface area contributed by atoms with Gasteiger partial charge in [-0.05, 0) is 56.2 Å². The number of rotatable bonds is 5. The molecule has 0 unspecified atom stereocenters. The van der Waals surface area contributed by atoms with Crippen LogP contribution in [0.1, 0.15) is 19.4 Å². The molecule has 0 N–H and O–H groups in total. The molecule has 0 aliphatic rings. The van der Waals surface area contributed by atoms with Crippen molar-refractivity contribution >= 4 is 11.9 Å². The summed E-state index contributed by atoms with van der Waals surface area (Å²) < 4.78 is 52.8. The van der Waals surface area contributed by atoms with Crippen LogP contribution in [0.25, 0.3) is 11.1 Å². The molecule has 2 aromatic rings. The average Bonchev–Trinajstić information content (AvgIpc) is 2.61. The Morgan fingerprint density at radius 1 is 0.893 bits per heavy atom. The van der Waals surface area contributed by atoms with E-state index < -0.39 is 35.1 Å². The Kier molecular flexibility index (Phi) is 6.08. The molecule has 0 aliphatic heterocycles. The SMILES string of the molecule is C=C(C)C(=O)Oc1ccc(-c2cc(C)c(OC(=O)C(=C)C)c(F)c2)c(F)c1F. The Morgan fingerprint density at radius 3 is 2.00 bits per heavy atom. The molecule has 2 rings (SSSR count). The molecule has 0 saturated carbocycles. The van der Waals surface area contributed by atoms with E-state index in [9.17, 15) is 22.8 Å². The highest BCUT2D eigenvalue weighted by atomic mass is 19.2. The summed E-state index contributed by atoms with van der Waals surface area (Å²) >= 11 is 0. The lowest BCUT2D eigenvalue weighted by atomic mass is 10.0. The van der Waals surface area contributed by atoms with Gasteiger partial charge < -0.3 is 9.47 Å². The number of benzene rings is 2. The fourth-order valence-electron chi connectivity index (χ4n) is 2.22. The number of carbonyl (C=O) groups excluding carboxylic acids is 2. The number of carbonyl (C=O) groups is 2. The van der Waals surface area contributed by atoms with Crippen molar-refractivity contribution in [3.8, 4) is 22.6 Å². The van der Waals surface area contributed by atoms with E-state index in [2.05, 4.69) is 13.2 Å². The van der Waals surface area contributed by atoms with Gasteiger partial charge in [-0.25, -0.2) is 18.4 Å². The molecule has 0 heterocycles. The molecular formula is C21H17F3O4. The molecule has 2 aromatic carbocycles. The maximum Gasteiger partial charge on any atom is 0.338 e. The van der Waals surface area contributed by atoms with Crippen molar-refractivity contribution in [2.24, 2.45) is 0 Å². The standard InChI is InChI=1S/C21H17F3O4/c1-10(2)20(25)27-16-7-6-14(17(23)18(16)24)13-8-12(5)19(15(22)9-13)28-21(26)11(3)4/h6-9H,1,3H2,2,4-5H3. The summed E-state index contributed by atoms with van der Waals surface area (Å²) in [5.41, 5.74) is 0.0475. The molecule has 7 heteroatoms. The van der Waals surface area contributed by atoms with Gasteiger partial charge in [-0.1, -0.05) is 13.2 Å². The Morgan fingerprint density at radius 2 is 1.46 bits per heavy atom. The molecule has 0 aliphatic carbocycles. The third-order valence-corrected chi connectivity index (χ3v) is 3.68. The van der Waals surface area contributed by atoms with E-state index in [1.54, 1.807) is 0 Å². The summed E-state index contributed by atoms with van der Waals surface area (Å²) in [4.78, 5) is 23.1. The van der Waals surface area contributed by atoms with Crippen LogP contribution in [0.4, 0.5) is 13.2 Å². The number of aryl methyl sites for hydroxylation is 1. The lowest BCUT2D eigenvalue weighted by Crippen LogP contribution is -2.11. The van der Waals surface area contributed by atoms with Gasteiger partial charge in [0.1, 0.15) is 0 Å². The van der Waals surface area contributed by atoms with Crippen molar-refractivity contribution in [1.29, 1.82) is 0 Å². The van der Waals surface area contributed by atoms with Crippen molar-refractivity contribution < 1.29 is 32.2 Å². The summed E-state index contributed by atoms with van der Waals surface area (Å²) in [6.45, 7) is 11.0. The van der Waals surface area contributed by atoms with Crippen molar-refractivity contribution in [3.63, 3.8) is 0 Å². The van der Waals surface area contributed by atoms with Crippen LogP contribution in [0.15, 0.2) is 48.6 Å². The first kappa shape index (κ1) is 21.0. The second-order valence-corrected chi connectivity index (χ2v) is 6.18. The van der Waals surface area contributed by atoms with E-state index in [0.717, 1.165) is 18.2 Å². The number of ether oxygens (including phenoxy) is 2. The van der Waals surface area contributed by atoms with Crippen LogP contribution in [0.3, 0.4) is 0 Å². The maximum absolute atomic E-state index is 14.5. The minimum atomic E-state index is -1.40. The van der Waals surface area contributed by atoms with Gasteiger partial charge in [0.15, 0.2) is 23.1 Å². The van der Waals surface area contributed by atoms with Crippen LogP contribution >= 0.6 is 0 Å². The van der Waals surface area contributed by atoms with Gasteiger partial charge in [-0.15, -0.1) is 0 Å². The summed E-state index contributed by atoms with van der Waals surface area (Å²) in [6, 6.07) is 4.44. The van der Waals surface area contributed by atoms with Crippen molar-refractivity contribution in [1.82, 2.24) is 0 Å². The molecule has 0 saturated heterocycles. The topological polar surface area (TPSA) is 52.6 Å². The zero-order valence-corrected chi connectivity index (χ0v) is 15.5. The minimum absolute atomic E-state index is 0.0132. The molecule has 0 bridgehead atoms. The van der Waals surface area contributed by atoms with Gasteiger partial charge in [0.05, 0.1) is 0 Å². The highest BCUT2D eigenvalue weighted by Crippen LogP contribution is 2.34. The first-order valence-electron chi connectivity index (χ1n) is 8.06. The highest BCUT2D eigenvalue weighted by molar-refractivity contribution is 5.89. The van der Waals surface area contributed by atoms with Crippen LogP contribution in [0, 0.1) is 24.4 Å². The minimum Gasteiger partial charge on any atom is -0.420 e. The van der Waals surface area contributed by atoms with E-state index in [-0.39, 0.29) is 33.6 Å². The third-order valence-electron chi connectivity index (χ3n) is 3.68. The lowest BCUT2D eigenvalue weighted by molar-refractivity contribution is -0.131. The Bertz CT molecular complexity index is 986. The number of halogens is 3. The molecule has 0 spiro atoms. The predicted molar refractivity (Wildman–Crippen MR) is 97.4 cm³/mol. The van der Waals surface area contributed by atoms with Gasteiger partial charge >= 0.3 is 11.9 Å². The van der Waals surface area contributed by atoms with Crippen molar-refractivity contribution in [3.05, 3.63) is 71.6 Å². The normalized spacial score (nSPS) is 10.4. The Hall–Kier alpha value is -3.35. The van der Waals surface area contributed by atoms with Crippen molar-refractivity contribution in [2.45, 2.75) is 20.8 Å². The monoisotopic (exact) mass is 390 g/mol. The molecule has 28 heavy (non-hydrogen) atoms. The van der Waals surface area contributed by atoms with E-state index >= 15 is 0 Å². The molecule has 0 fully saturated rings. The Balaban J connectivity index is 2.44. The summed E-state index contributed by atoms with van der Waals surface area (Å²) in [5.74, 6) is -6.31. The molecule has 4 nitrogen and oxygen atoms in total. The van der Waals surface area contributed by atoms with Crippen molar-refractivity contribution in [2.75, 3.05) is 0 Å². The van der Waals surface area contributed by atoms with Crippen LogP contribution in [-0.2, 0) is 9.59 Å². The smallest absolute Gasteiger partial charge is 0.338 e. The van der Waals surface area contributed by atoms with Crippen LogP contribution in [-0.4, -0.2) is 11.9 Å². The van der Waals surface area contributed by atoms with Crippen LogP contribution in [0.5, 0.6) is 11.5 Å². The molecule has 146 valence electrons. The van der Waals surface area contributed by atoms with Gasteiger partial charge in [-0.3, -0.25) is 0 Å². The Labute approximate surface area is 159 Å². The van der Waals surface area contributed by atoms with Gasteiger partial charge in [0.25, 0.3) is 0 Å². The largest absolute Gasteiger partial charge is 0.420 e. The number of hydrogen-bond donors (Lipinski definition) is 0. The number of hydrogen-bond acceptors (Lipinski definition) is 4. The molecule has 0 radical (unpaired) electrons. The zero-order chi connectivity index (χ0) is 21.2. The molecule has 0 aromatic heterocycles. The number of esters is 2. The third kappa shape index (κ3) is 4.31. The second-order valence-electron chi connectivity index (χ2n) is 6.18. The first-order valence-corrected chi connectivity index (χ1v) is 8.06. The van der Waals surface area contributed by atoms with Crippen LogP contribution < -0.4 is 9.47 Å². The molecule has 0 atom stereocenters. The average molecular weight is 390 g/mol. The van der Waals surface area contributed by atoms with Crippen LogP contribution in [0.2, 0.25) is 0 Å². The molecular weight excluding hydrogens is 373 g/mol. The quantitative estimate of drug-likeness (QED) is 0.408. The molecule has 0 amide bonds.